The predicted molar refractivity (Wildman–Crippen MR) is 74.8 cm³/mol. The number of ether oxygens (including phenoxy) is 1. The van der Waals surface area contributed by atoms with E-state index < -0.39 is 10.0 Å². The van der Waals surface area contributed by atoms with Crippen molar-refractivity contribution in [3.05, 3.63) is 0 Å². The Hall–Kier alpha value is -0.700. The van der Waals surface area contributed by atoms with Crippen LogP contribution in [0.2, 0.25) is 0 Å². The summed E-state index contributed by atoms with van der Waals surface area (Å²) in [5.41, 5.74) is 0. The van der Waals surface area contributed by atoms with Crippen LogP contribution in [-0.4, -0.2) is 70.9 Å². The van der Waals surface area contributed by atoms with Gasteiger partial charge in [-0.25, -0.2) is 13.1 Å². The molecule has 2 unspecified atom stereocenters. The zero-order valence-corrected chi connectivity index (χ0v) is 12.6. The number of hydrogen-bond donors (Lipinski definition) is 2. The molecular formula is C12H23N3O4S. The quantitative estimate of drug-likeness (QED) is 0.678. The second-order valence-electron chi connectivity index (χ2n) is 5.49. The van der Waals surface area contributed by atoms with E-state index in [9.17, 15) is 13.2 Å². The van der Waals surface area contributed by atoms with Gasteiger partial charge in [-0.15, -0.1) is 0 Å². The van der Waals surface area contributed by atoms with Crippen molar-refractivity contribution < 1.29 is 17.9 Å². The molecule has 8 heteroatoms. The fourth-order valence-electron chi connectivity index (χ4n) is 2.65. The zero-order valence-electron chi connectivity index (χ0n) is 11.8. The minimum Gasteiger partial charge on any atom is -0.378 e. The number of nitrogens with zero attached hydrogens (tertiary/aromatic N) is 1. The molecule has 20 heavy (non-hydrogen) atoms. The molecule has 0 bridgehead atoms. The van der Waals surface area contributed by atoms with Gasteiger partial charge in [0.15, 0.2) is 0 Å². The Morgan fingerprint density at radius 2 is 2.30 bits per heavy atom. The fraction of sp³-hybridized carbons (Fsp3) is 0.917. The number of piperidine rings is 1. The third-order valence-electron chi connectivity index (χ3n) is 3.68. The van der Waals surface area contributed by atoms with E-state index in [0.29, 0.717) is 32.8 Å². The van der Waals surface area contributed by atoms with Crippen LogP contribution in [-0.2, 0) is 19.6 Å². The highest BCUT2D eigenvalue weighted by atomic mass is 32.2. The van der Waals surface area contributed by atoms with Crippen molar-refractivity contribution in [3.8, 4) is 0 Å². The number of carbonyl (C=O) groups excluding carboxylic acids is 1. The first-order valence-corrected chi connectivity index (χ1v) is 8.89. The Kier molecular flexibility index (Phi) is 5.36. The number of rotatable bonds is 4. The molecule has 2 saturated heterocycles. The molecule has 0 aromatic heterocycles. The Morgan fingerprint density at radius 3 is 2.95 bits per heavy atom. The summed E-state index contributed by atoms with van der Waals surface area (Å²) in [6.45, 7) is 3.51. The summed E-state index contributed by atoms with van der Waals surface area (Å²) in [5, 5.41) is 3.16. The lowest BCUT2D eigenvalue weighted by atomic mass is 9.97. The topological polar surface area (TPSA) is 87.7 Å². The first-order valence-electron chi connectivity index (χ1n) is 7.00. The smallest absolute Gasteiger partial charge is 0.242 e. The van der Waals surface area contributed by atoms with Gasteiger partial charge in [0.1, 0.15) is 6.04 Å². The summed E-state index contributed by atoms with van der Waals surface area (Å²) < 4.78 is 30.1. The van der Waals surface area contributed by atoms with Crippen LogP contribution in [0.1, 0.15) is 12.8 Å². The zero-order chi connectivity index (χ0) is 14.6. The minimum atomic E-state index is -3.17. The Balaban J connectivity index is 1.84. The largest absolute Gasteiger partial charge is 0.378 e. The molecule has 0 aromatic carbocycles. The molecule has 116 valence electrons. The van der Waals surface area contributed by atoms with E-state index in [1.165, 1.54) is 0 Å². The van der Waals surface area contributed by atoms with Gasteiger partial charge in [-0.05, 0) is 18.8 Å². The molecule has 0 radical (unpaired) electrons. The van der Waals surface area contributed by atoms with Crippen LogP contribution in [0, 0.1) is 5.92 Å². The van der Waals surface area contributed by atoms with Gasteiger partial charge < -0.3 is 15.0 Å². The van der Waals surface area contributed by atoms with Gasteiger partial charge in [0, 0.05) is 26.2 Å². The average molecular weight is 305 g/mol. The van der Waals surface area contributed by atoms with Crippen molar-refractivity contribution in [2.75, 3.05) is 45.6 Å². The van der Waals surface area contributed by atoms with Crippen molar-refractivity contribution in [1.82, 2.24) is 14.9 Å². The third-order valence-corrected chi connectivity index (χ3v) is 4.38. The van der Waals surface area contributed by atoms with Crippen molar-refractivity contribution in [1.29, 1.82) is 0 Å². The summed E-state index contributed by atoms with van der Waals surface area (Å²) in [4.78, 5) is 14.2. The number of morpholine rings is 1. The third kappa shape index (κ3) is 4.69. The summed E-state index contributed by atoms with van der Waals surface area (Å²) in [6.07, 6.45) is 3.01. The molecule has 2 heterocycles. The van der Waals surface area contributed by atoms with E-state index in [1.54, 1.807) is 0 Å². The lowest BCUT2D eigenvalue weighted by molar-refractivity contribution is -0.138. The predicted octanol–water partition coefficient (Wildman–Crippen LogP) is -1.24. The number of carbonyl (C=O) groups is 1. The highest BCUT2D eigenvalue weighted by Crippen LogP contribution is 2.17. The van der Waals surface area contributed by atoms with Crippen molar-refractivity contribution in [2.24, 2.45) is 5.92 Å². The van der Waals surface area contributed by atoms with Crippen LogP contribution in [0.5, 0.6) is 0 Å². The lowest BCUT2D eigenvalue weighted by Gasteiger charge is -2.36. The molecule has 0 aromatic rings. The standard InChI is InChI=1S/C12H23N3O4S/c1-20(17,18)14-7-10-3-2-5-15(8-10)12(16)11-9-19-6-4-13-11/h10-11,13-14H,2-9H2,1H3. The second-order valence-corrected chi connectivity index (χ2v) is 7.33. The fourth-order valence-corrected chi connectivity index (χ4v) is 3.18. The van der Waals surface area contributed by atoms with E-state index in [4.69, 9.17) is 4.74 Å². The Morgan fingerprint density at radius 1 is 1.50 bits per heavy atom. The van der Waals surface area contributed by atoms with Gasteiger partial charge in [-0.1, -0.05) is 0 Å². The molecule has 7 nitrogen and oxygen atoms in total. The molecule has 1 amide bonds. The molecule has 2 N–H and O–H groups in total. The normalized spacial score (nSPS) is 28.4. The summed E-state index contributed by atoms with van der Waals surface area (Å²) in [7, 11) is -3.17. The highest BCUT2D eigenvalue weighted by molar-refractivity contribution is 7.88. The highest BCUT2D eigenvalue weighted by Gasteiger charge is 2.30. The van der Waals surface area contributed by atoms with Gasteiger partial charge >= 0.3 is 0 Å². The Bertz CT molecular complexity index is 434. The molecule has 0 saturated carbocycles. The van der Waals surface area contributed by atoms with Gasteiger partial charge in [-0.3, -0.25) is 4.79 Å². The first kappa shape index (κ1) is 15.7. The molecule has 2 fully saturated rings. The summed E-state index contributed by atoms with van der Waals surface area (Å²) in [5.74, 6) is 0.251. The average Bonchev–Trinajstić information content (AvgIpc) is 2.45. The van der Waals surface area contributed by atoms with E-state index in [0.717, 1.165) is 25.6 Å². The van der Waals surface area contributed by atoms with Gasteiger partial charge in [-0.2, -0.15) is 0 Å². The van der Waals surface area contributed by atoms with Crippen molar-refractivity contribution in [2.45, 2.75) is 18.9 Å². The van der Waals surface area contributed by atoms with Gasteiger partial charge in [0.25, 0.3) is 0 Å². The maximum atomic E-state index is 12.3. The molecule has 2 aliphatic heterocycles. The molecule has 0 spiro atoms. The molecule has 0 aliphatic carbocycles. The van der Waals surface area contributed by atoms with Gasteiger partial charge in [0.2, 0.25) is 15.9 Å². The maximum Gasteiger partial charge on any atom is 0.242 e. The first-order chi connectivity index (χ1) is 9.46. The number of nitrogens with one attached hydrogen (secondary N) is 2. The lowest BCUT2D eigenvalue weighted by Crippen LogP contribution is -2.55. The molecular weight excluding hydrogens is 282 g/mol. The van der Waals surface area contributed by atoms with Crippen LogP contribution in [0.3, 0.4) is 0 Å². The molecule has 2 aliphatic rings. The van der Waals surface area contributed by atoms with Crippen LogP contribution in [0.15, 0.2) is 0 Å². The number of sulfonamides is 1. The summed E-state index contributed by atoms with van der Waals surface area (Å²) >= 11 is 0. The summed E-state index contributed by atoms with van der Waals surface area (Å²) in [6, 6.07) is -0.259. The van der Waals surface area contributed by atoms with Crippen LogP contribution in [0.4, 0.5) is 0 Å². The van der Waals surface area contributed by atoms with Crippen molar-refractivity contribution >= 4 is 15.9 Å². The SMILES string of the molecule is CS(=O)(=O)NCC1CCCN(C(=O)C2COCCN2)C1. The number of amides is 1. The van der Waals surface area contributed by atoms with E-state index >= 15 is 0 Å². The molecule has 2 rings (SSSR count). The van der Waals surface area contributed by atoms with Crippen LogP contribution in [0.25, 0.3) is 0 Å². The second kappa shape index (κ2) is 6.84. The van der Waals surface area contributed by atoms with Crippen LogP contribution < -0.4 is 10.0 Å². The number of hydrogen-bond acceptors (Lipinski definition) is 5. The Labute approximate surface area is 120 Å². The monoisotopic (exact) mass is 305 g/mol. The van der Waals surface area contributed by atoms with E-state index in [2.05, 4.69) is 10.0 Å². The van der Waals surface area contributed by atoms with Gasteiger partial charge in [0.05, 0.1) is 19.5 Å². The maximum absolute atomic E-state index is 12.3. The minimum absolute atomic E-state index is 0.0637. The number of likely N-dealkylation sites (tertiary alicyclic amines) is 1. The van der Waals surface area contributed by atoms with Crippen molar-refractivity contribution in [3.63, 3.8) is 0 Å². The molecule has 2 atom stereocenters. The van der Waals surface area contributed by atoms with Crippen LogP contribution >= 0.6 is 0 Å². The van der Waals surface area contributed by atoms with E-state index in [-0.39, 0.29) is 17.9 Å². The van der Waals surface area contributed by atoms with E-state index in [1.807, 2.05) is 4.90 Å².